The Morgan fingerprint density at radius 1 is 1.22 bits per heavy atom. The van der Waals surface area contributed by atoms with Crippen LogP contribution in [0.1, 0.15) is 21.1 Å². The van der Waals surface area contributed by atoms with Crippen molar-refractivity contribution in [3.63, 3.8) is 0 Å². The Balaban J connectivity index is 1.63. The molecule has 1 aromatic carbocycles. The summed E-state index contributed by atoms with van der Waals surface area (Å²) in [5, 5.41) is 5.01. The summed E-state index contributed by atoms with van der Waals surface area (Å²) in [7, 11) is 0. The molecule has 0 radical (unpaired) electrons. The molecular formula is C18H13N3OS. The van der Waals surface area contributed by atoms with Gasteiger partial charge >= 0.3 is 0 Å². The minimum atomic E-state index is -0.223. The van der Waals surface area contributed by atoms with E-state index in [0.717, 1.165) is 16.7 Å². The number of amides is 1. The highest BCUT2D eigenvalue weighted by atomic mass is 32.1. The lowest BCUT2D eigenvalue weighted by Crippen LogP contribution is -2.23. The third-order valence-corrected chi connectivity index (χ3v) is 4.04. The molecule has 1 amide bonds. The lowest BCUT2D eigenvalue weighted by atomic mass is 10.1. The van der Waals surface area contributed by atoms with E-state index in [1.54, 1.807) is 11.6 Å². The Kier molecular flexibility index (Phi) is 4.46. The van der Waals surface area contributed by atoms with Crippen molar-refractivity contribution in [2.45, 2.75) is 6.54 Å². The number of rotatable bonds is 4. The van der Waals surface area contributed by atoms with Crippen LogP contribution in [0.3, 0.4) is 0 Å². The Hall–Kier alpha value is -2.97. The first kappa shape index (κ1) is 14.9. The molecule has 5 heteroatoms. The van der Waals surface area contributed by atoms with Crippen LogP contribution in [-0.4, -0.2) is 15.9 Å². The van der Waals surface area contributed by atoms with Gasteiger partial charge in [-0.05, 0) is 28.7 Å². The van der Waals surface area contributed by atoms with Gasteiger partial charge in [-0.1, -0.05) is 30.3 Å². The van der Waals surface area contributed by atoms with Gasteiger partial charge in [0.15, 0.2) is 5.01 Å². The van der Waals surface area contributed by atoms with Gasteiger partial charge in [0.2, 0.25) is 0 Å². The van der Waals surface area contributed by atoms with Gasteiger partial charge < -0.3 is 5.32 Å². The highest BCUT2D eigenvalue weighted by Gasteiger charge is 2.09. The number of carbonyl (C=O) groups is 1. The number of hydrogen-bond donors (Lipinski definition) is 1. The first-order valence-electron chi connectivity index (χ1n) is 6.96. The standard InChI is InChI=1S/C18H13N3OS/c1-2-17-21-16(12-23-17)18(22)20-10-13-5-7-14(8-6-13)15-4-3-9-19-11-15/h1,3-9,11-12H,10H2,(H,20,22). The van der Waals surface area contributed by atoms with Crippen molar-refractivity contribution in [1.29, 1.82) is 0 Å². The third-order valence-electron chi connectivity index (χ3n) is 3.26. The zero-order valence-corrected chi connectivity index (χ0v) is 13.0. The van der Waals surface area contributed by atoms with Crippen molar-refractivity contribution in [2.75, 3.05) is 0 Å². The van der Waals surface area contributed by atoms with Crippen LogP contribution in [0.4, 0.5) is 0 Å². The first-order chi connectivity index (χ1) is 11.3. The summed E-state index contributed by atoms with van der Waals surface area (Å²) >= 11 is 1.29. The molecule has 3 aromatic rings. The van der Waals surface area contributed by atoms with E-state index in [2.05, 4.69) is 21.2 Å². The van der Waals surface area contributed by atoms with E-state index in [1.807, 2.05) is 42.6 Å². The van der Waals surface area contributed by atoms with Crippen molar-refractivity contribution in [3.05, 3.63) is 70.4 Å². The Bertz CT molecular complexity index is 848. The molecule has 2 aromatic heterocycles. The second-order valence-electron chi connectivity index (χ2n) is 4.80. The summed E-state index contributed by atoms with van der Waals surface area (Å²) in [5.74, 6) is 2.20. The predicted octanol–water partition coefficient (Wildman–Crippen LogP) is 3.12. The maximum Gasteiger partial charge on any atom is 0.271 e. The molecule has 0 spiro atoms. The number of carbonyl (C=O) groups excluding carboxylic acids is 1. The molecule has 1 N–H and O–H groups in total. The zero-order valence-electron chi connectivity index (χ0n) is 12.2. The third kappa shape index (κ3) is 3.62. The van der Waals surface area contributed by atoms with Crippen molar-refractivity contribution in [1.82, 2.24) is 15.3 Å². The summed E-state index contributed by atoms with van der Waals surface area (Å²) in [5.41, 5.74) is 3.52. The van der Waals surface area contributed by atoms with E-state index in [-0.39, 0.29) is 5.91 Å². The average molecular weight is 319 g/mol. The lowest BCUT2D eigenvalue weighted by molar-refractivity contribution is 0.0946. The van der Waals surface area contributed by atoms with E-state index in [1.165, 1.54) is 11.3 Å². The summed E-state index contributed by atoms with van der Waals surface area (Å²) in [6, 6.07) is 11.9. The van der Waals surface area contributed by atoms with E-state index in [0.29, 0.717) is 17.2 Å². The molecule has 0 unspecified atom stereocenters. The normalized spacial score (nSPS) is 10.0. The van der Waals surface area contributed by atoms with Gasteiger partial charge in [-0.25, -0.2) is 4.98 Å². The minimum Gasteiger partial charge on any atom is -0.347 e. The van der Waals surface area contributed by atoms with Crippen LogP contribution in [0.5, 0.6) is 0 Å². The Morgan fingerprint density at radius 2 is 2.04 bits per heavy atom. The maximum atomic E-state index is 12.0. The molecule has 0 aliphatic heterocycles. The zero-order chi connectivity index (χ0) is 16.1. The molecule has 2 heterocycles. The van der Waals surface area contributed by atoms with Gasteiger partial charge in [-0.3, -0.25) is 9.78 Å². The van der Waals surface area contributed by atoms with E-state index < -0.39 is 0 Å². The van der Waals surface area contributed by atoms with E-state index >= 15 is 0 Å². The molecule has 3 rings (SSSR count). The first-order valence-corrected chi connectivity index (χ1v) is 7.84. The molecule has 4 nitrogen and oxygen atoms in total. The van der Waals surface area contributed by atoms with Gasteiger partial charge in [-0.15, -0.1) is 17.8 Å². The maximum absolute atomic E-state index is 12.0. The molecule has 0 aliphatic carbocycles. The SMILES string of the molecule is C#Cc1nc(C(=O)NCc2ccc(-c3cccnc3)cc2)cs1. The molecule has 0 aliphatic rings. The number of hydrogen-bond acceptors (Lipinski definition) is 4. The van der Waals surface area contributed by atoms with Crippen molar-refractivity contribution < 1.29 is 4.79 Å². The molecule has 0 atom stereocenters. The number of thiazole rings is 1. The smallest absolute Gasteiger partial charge is 0.271 e. The van der Waals surface area contributed by atoms with Crippen LogP contribution in [0.2, 0.25) is 0 Å². The quantitative estimate of drug-likeness (QED) is 0.752. The lowest BCUT2D eigenvalue weighted by Gasteiger charge is -2.05. The van der Waals surface area contributed by atoms with Crippen LogP contribution in [-0.2, 0) is 6.54 Å². The minimum absolute atomic E-state index is 0.223. The molecule has 23 heavy (non-hydrogen) atoms. The van der Waals surface area contributed by atoms with Crippen LogP contribution in [0.15, 0.2) is 54.2 Å². The highest BCUT2D eigenvalue weighted by Crippen LogP contribution is 2.18. The van der Waals surface area contributed by atoms with Crippen LogP contribution in [0.25, 0.3) is 11.1 Å². The monoisotopic (exact) mass is 319 g/mol. The summed E-state index contributed by atoms with van der Waals surface area (Å²) in [6.07, 6.45) is 8.82. The van der Waals surface area contributed by atoms with E-state index in [9.17, 15) is 4.79 Å². The fourth-order valence-corrected chi connectivity index (χ4v) is 2.67. The largest absolute Gasteiger partial charge is 0.347 e. The van der Waals surface area contributed by atoms with Crippen molar-refractivity contribution in [3.8, 4) is 23.5 Å². The van der Waals surface area contributed by atoms with Crippen LogP contribution in [0, 0.1) is 12.3 Å². The van der Waals surface area contributed by atoms with Gasteiger partial charge in [0, 0.05) is 24.3 Å². The molecule has 0 saturated carbocycles. The van der Waals surface area contributed by atoms with Gasteiger partial charge in [0.1, 0.15) is 5.69 Å². The highest BCUT2D eigenvalue weighted by molar-refractivity contribution is 7.10. The number of pyridine rings is 1. The Labute approximate surface area is 138 Å². The molecule has 112 valence electrons. The van der Waals surface area contributed by atoms with Crippen molar-refractivity contribution >= 4 is 17.2 Å². The van der Waals surface area contributed by atoms with Crippen molar-refractivity contribution in [2.24, 2.45) is 0 Å². The number of aromatic nitrogens is 2. The number of terminal acetylenes is 1. The summed E-state index contributed by atoms with van der Waals surface area (Å²) < 4.78 is 0. The van der Waals surface area contributed by atoms with Crippen LogP contribution >= 0.6 is 11.3 Å². The number of benzene rings is 1. The Morgan fingerprint density at radius 3 is 2.70 bits per heavy atom. The number of nitrogens with one attached hydrogen (secondary N) is 1. The van der Waals surface area contributed by atoms with Gasteiger partial charge in [0.05, 0.1) is 0 Å². The van der Waals surface area contributed by atoms with Crippen LogP contribution < -0.4 is 5.32 Å². The fraction of sp³-hybridized carbons (Fsp3) is 0.0556. The summed E-state index contributed by atoms with van der Waals surface area (Å²) in [4.78, 5) is 20.2. The average Bonchev–Trinajstić information content (AvgIpc) is 3.10. The molecule has 0 saturated heterocycles. The predicted molar refractivity (Wildman–Crippen MR) is 90.9 cm³/mol. The van der Waals surface area contributed by atoms with E-state index in [4.69, 9.17) is 6.42 Å². The second kappa shape index (κ2) is 6.86. The topological polar surface area (TPSA) is 54.9 Å². The van der Waals surface area contributed by atoms with Gasteiger partial charge in [0.25, 0.3) is 5.91 Å². The molecular weight excluding hydrogens is 306 g/mol. The number of nitrogens with zero attached hydrogens (tertiary/aromatic N) is 2. The molecule has 0 bridgehead atoms. The fourth-order valence-electron chi connectivity index (χ4n) is 2.07. The van der Waals surface area contributed by atoms with Gasteiger partial charge in [-0.2, -0.15) is 0 Å². The second-order valence-corrected chi connectivity index (χ2v) is 5.66. The summed E-state index contributed by atoms with van der Waals surface area (Å²) in [6.45, 7) is 0.440. The molecule has 0 fully saturated rings.